The summed E-state index contributed by atoms with van der Waals surface area (Å²) in [6, 6.07) is 10.3. The van der Waals surface area contributed by atoms with Crippen LogP contribution in [0, 0.1) is 0 Å². The topological polar surface area (TPSA) is 35.5 Å². The van der Waals surface area contributed by atoms with Crippen LogP contribution in [0.4, 0.5) is 0 Å². The molecule has 0 bridgehead atoms. The van der Waals surface area contributed by atoms with Gasteiger partial charge in [-0.05, 0) is 45.3 Å². The molecule has 20 heavy (non-hydrogen) atoms. The lowest BCUT2D eigenvalue weighted by molar-refractivity contribution is 0.0752. The van der Waals surface area contributed by atoms with Gasteiger partial charge in [0.2, 0.25) is 0 Å². The van der Waals surface area contributed by atoms with Crippen LogP contribution in [0.15, 0.2) is 30.3 Å². The molecule has 0 saturated carbocycles. The first kappa shape index (κ1) is 15.5. The van der Waals surface area contributed by atoms with Crippen molar-refractivity contribution in [2.75, 3.05) is 26.2 Å². The third-order valence-electron chi connectivity index (χ3n) is 4.64. The zero-order valence-corrected chi connectivity index (χ0v) is 13.0. The monoisotopic (exact) mass is 276 g/mol. The minimum absolute atomic E-state index is 0.122. The van der Waals surface area contributed by atoms with E-state index in [1.54, 1.807) is 0 Å². The van der Waals surface area contributed by atoms with Crippen molar-refractivity contribution in [3.8, 4) is 0 Å². The van der Waals surface area contributed by atoms with Crippen molar-refractivity contribution in [3.63, 3.8) is 0 Å². The standard InChI is InChI=1S/C17H28N2O/c1-4-18-17(14-20,15-9-6-5-7-10-15)13-19-12-8-11-16(19,2)3/h5-7,9-10,18,20H,4,8,11-14H2,1-3H3. The normalized spacial score (nSPS) is 21.8. The number of hydrogen-bond acceptors (Lipinski definition) is 3. The average Bonchev–Trinajstić information content (AvgIpc) is 2.78. The van der Waals surface area contributed by atoms with Crippen LogP contribution < -0.4 is 5.32 Å². The van der Waals surface area contributed by atoms with Gasteiger partial charge in [0.25, 0.3) is 0 Å². The van der Waals surface area contributed by atoms with E-state index in [0.717, 1.165) is 19.6 Å². The third kappa shape index (κ3) is 3.05. The molecule has 112 valence electrons. The second kappa shape index (κ2) is 6.25. The summed E-state index contributed by atoms with van der Waals surface area (Å²) in [5, 5.41) is 13.6. The van der Waals surface area contributed by atoms with E-state index < -0.39 is 0 Å². The Bertz CT molecular complexity index is 418. The summed E-state index contributed by atoms with van der Waals surface area (Å²) < 4.78 is 0. The molecular weight excluding hydrogens is 248 g/mol. The lowest BCUT2D eigenvalue weighted by Crippen LogP contribution is -2.56. The van der Waals surface area contributed by atoms with Crippen molar-refractivity contribution in [1.82, 2.24) is 10.2 Å². The molecule has 1 fully saturated rings. The molecule has 3 heteroatoms. The lowest BCUT2D eigenvalue weighted by Gasteiger charge is -2.42. The maximum Gasteiger partial charge on any atom is 0.0798 e. The maximum atomic E-state index is 10.1. The number of rotatable bonds is 6. The molecule has 1 unspecified atom stereocenters. The first-order valence-electron chi connectivity index (χ1n) is 7.70. The van der Waals surface area contributed by atoms with E-state index >= 15 is 0 Å². The Morgan fingerprint density at radius 2 is 2.00 bits per heavy atom. The molecule has 1 aromatic carbocycles. The van der Waals surface area contributed by atoms with E-state index in [-0.39, 0.29) is 17.7 Å². The molecule has 1 aromatic rings. The second-order valence-corrected chi connectivity index (χ2v) is 6.47. The van der Waals surface area contributed by atoms with Gasteiger partial charge < -0.3 is 10.4 Å². The quantitative estimate of drug-likeness (QED) is 0.837. The molecule has 1 heterocycles. The van der Waals surface area contributed by atoms with E-state index in [9.17, 15) is 5.11 Å². The highest BCUT2D eigenvalue weighted by atomic mass is 16.3. The Labute approximate surface area is 123 Å². The highest BCUT2D eigenvalue weighted by Gasteiger charge is 2.39. The zero-order chi connectivity index (χ0) is 14.6. The molecule has 0 aliphatic carbocycles. The van der Waals surface area contributed by atoms with Crippen LogP contribution in [-0.4, -0.2) is 41.8 Å². The highest BCUT2D eigenvalue weighted by Crippen LogP contribution is 2.32. The number of nitrogens with one attached hydrogen (secondary N) is 1. The fourth-order valence-corrected chi connectivity index (χ4v) is 3.32. The minimum atomic E-state index is -0.363. The molecule has 1 aliphatic heterocycles. The van der Waals surface area contributed by atoms with Gasteiger partial charge >= 0.3 is 0 Å². The number of nitrogens with zero attached hydrogens (tertiary/aromatic N) is 1. The van der Waals surface area contributed by atoms with Gasteiger partial charge in [-0.1, -0.05) is 37.3 Å². The Kier molecular flexibility index (Phi) is 4.84. The fourth-order valence-electron chi connectivity index (χ4n) is 3.32. The second-order valence-electron chi connectivity index (χ2n) is 6.47. The largest absolute Gasteiger partial charge is 0.394 e. The molecule has 0 amide bonds. The number of hydrogen-bond donors (Lipinski definition) is 2. The predicted octanol–water partition coefficient (Wildman–Crippen LogP) is 2.36. The molecule has 3 nitrogen and oxygen atoms in total. The molecular formula is C17H28N2O. The maximum absolute atomic E-state index is 10.1. The van der Waals surface area contributed by atoms with Crippen LogP contribution >= 0.6 is 0 Å². The summed E-state index contributed by atoms with van der Waals surface area (Å²) in [6.07, 6.45) is 2.48. The third-order valence-corrected chi connectivity index (χ3v) is 4.64. The summed E-state index contributed by atoms with van der Waals surface area (Å²) in [7, 11) is 0. The zero-order valence-electron chi connectivity index (χ0n) is 13.0. The minimum Gasteiger partial charge on any atom is -0.394 e. The van der Waals surface area contributed by atoms with Crippen LogP contribution in [0.25, 0.3) is 0 Å². The van der Waals surface area contributed by atoms with Crippen LogP contribution in [-0.2, 0) is 5.54 Å². The number of likely N-dealkylation sites (N-methyl/N-ethyl adjacent to an activating group) is 1. The molecule has 0 spiro atoms. The number of benzene rings is 1. The number of likely N-dealkylation sites (tertiary alicyclic amines) is 1. The Morgan fingerprint density at radius 3 is 2.50 bits per heavy atom. The van der Waals surface area contributed by atoms with Gasteiger partial charge in [-0.15, -0.1) is 0 Å². The summed E-state index contributed by atoms with van der Waals surface area (Å²) in [6.45, 7) is 9.66. The molecule has 0 aromatic heterocycles. The lowest BCUT2D eigenvalue weighted by atomic mass is 9.88. The highest BCUT2D eigenvalue weighted by molar-refractivity contribution is 5.26. The molecule has 2 rings (SSSR count). The van der Waals surface area contributed by atoms with Gasteiger partial charge in [-0.25, -0.2) is 0 Å². The molecule has 1 aliphatic rings. The molecule has 2 N–H and O–H groups in total. The van der Waals surface area contributed by atoms with Crippen molar-refractivity contribution in [1.29, 1.82) is 0 Å². The van der Waals surface area contributed by atoms with Crippen molar-refractivity contribution in [2.24, 2.45) is 0 Å². The van der Waals surface area contributed by atoms with Gasteiger partial charge in [-0.2, -0.15) is 0 Å². The van der Waals surface area contributed by atoms with Gasteiger partial charge in [-0.3, -0.25) is 4.90 Å². The van der Waals surface area contributed by atoms with Gasteiger partial charge in [0.15, 0.2) is 0 Å². The SMILES string of the molecule is CCNC(CO)(CN1CCCC1(C)C)c1ccccc1. The summed E-state index contributed by atoms with van der Waals surface area (Å²) in [5.41, 5.74) is 1.04. The first-order chi connectivity index (χ1) is 9.54. The average molecular weight is 276 g/mol. The van der Waals surface area contributed by atoms with Crippen LogP contribution in [0.1, 0.15) is 39.2 Å². The van der Waals surface area contributed by atoms with E-state index in [1.807, 2.05) is 18.2 Å². The summed E-state index contributed by atoms with van der Waals surface area (Å²) >= 11 is 0. The van der Waals surface area contributed by atoms with E-state index in [2.05, 4.69) is 43.1 Å². The number of aliphatic hydroxyl groups excluding tert-OH is 1. The number of aliphatic hydroxyl groups is 1. The summed E-state index contributed by atoms with van der Waals surface area (Å²) in [5.74, 6) is 0. The predicted molar refractivity (Wildman–Crippen MR) is 83.8 cm³/mol. The van der Waals surface area contributed by atoms with Gasteiger partial charge in [0.1, 0.15) is 0 Å². The Hall–Kier alpha value is -0.900. The van der Waals surface area contributed by atoms with E-state index in [1.165, 1.54) is 18.4 Å². The smallest absolute Gasteiger partial charge is 0.0798 e. The van der Waals surface area contributed by atoms with Gasteiger partial charge in [0.05, 0.1) is 12.1 Å². The Morgan fingerprint density at radius 1 is 1.30 bits per heavy atom. The van der Waals surface area contributed by atoms with Gasteiger partial charge in [0, 0.05) is 12.1 Å². The van der Waals surface area contributed by atoms with Crippen LogP contribution in [0.3, 0.4) is 0 Å². The molecule has 1 saturated heterocycles. The summed E-state index contributed by atoms with van der Waals surface area (Å²) in [4.78, 5) is 2.51. The Balaban J connectivity index is 2.28. The molecule has 1 atom stereocenters. The van der Waals surface area contributed by atoms with Crippen molar-refractivity contribution >= 4 is 0 Å². The van der Waals surface area contributed by atoms with Crippen molar-refractivity contribution < 1.29 is 5.11 Å². The van der Waals surface area contributed by atoms with E-state index in [0.29, 0.717) is 0 Å². The first-order valence-corrected chi connectivity index (χ1v) is 7.70. The fraction of sp³-hybridized carbons (Fsp3) is 0.647. The van der Waals surface area contributed by atoms with E-state index in [4.69, 9.17) is 0 Å². The van der Waals surface area contributed by atoms with Crippen LogP contribution in [0.2, 0.25) is 0 Å². The van der Waals surface area contributed by atoms with Crippen LogP contribution in [0.5, 0.6) is 0 Å². The molecule has 0 radical (unpaired) electrons. The van der Waals surface area contributed by atoms with Crippen molar-refractivity contribution in [2.45, 2.75) is 44.7 Å². The van der Waals surface area contributed by atoms with Crippen molar-refractivity contribution in [3.05, 3.63) is 35.9 Å².